The van der Waals surface area contributed by atoms with Gasteiger partial charge in [-0.2, -0.15) is 0 Å². The number of benzene rings is 2. The standard InChI is InChI=1S/C13H9NO3.HO3P/c15-13(10-4-2-1-3-5-10)11-6-8-12(9-7-11)14(16)17;1-4(2)3/h1-9H;(H-,1,2,3)/p+1. The Hall–Kier alpha value is -2.47. The van der Waals surface area contributed by atoms with Gasteiger partial charge < -0.3 is 0 Å². The van der Waals surface area contributed by atoms with Gasteiger partial charge in [-0.1, -0.05) is 30.3 Å². The highest BCUT2D eigenvalue weighted by Crippen LogP contribution is 2.15. The number of nitro benzene ring substituents is 1. The molecular formula is C13H11NO6P+. The number of carbonyl (C=O) groups is 1. The van der Waals surface area contributed by atoms with Crippen molar-refractivity contribution in [2.24, 2.45) is 0 Å². The van der Waals surface area contributed by atoms with E-state index in [-0.39, 0.29) is 11.5 Å². The maximum atomic E-state index is 12.0. The molecule has 2 N–H and O–H groups in total. The van der Waals surface area contributed by atoms with Crippen molar-refractivity contribution in [3.05, 3.63) is 75.8 Å². The normalized spacial score (nSPS) is 9.24. The molecule has 2 rings (SSSR count). The van der Waals surface area contributed by atoms with Crippen molar-refractivity contribution in [3.8, 4) is 0 Å². The fourth-order valence-electron chi connectivity index (χ4n) is 1.49. The first-order valence-corrected chi connectivity index (χ1v) is 6.77. The second-order valence-corrected chi connectivity index (χ2v) is 4.26. The number of nitrogens with zero attached hydrogens (tertiary/aromatic N) is 1. The van der Waals surface area contributed by atoms with Gasteiger partial charge in [0.25, 0.3) is 5.69 Å². The van der Waals surface area contributed by atoms with Gasteiger partial charge in [-0.3, -0.25) is 14.9 Å². The molecule has 0 heterocycles. The van der Waals surface area contributed by atoms with Crippen LogP contribution in [0.1, 0.15) is 15.9 Å². The first-order chi connectivity index (χ1) is 9.91. The molecule has 2 aromatic rings. The molecule has 0 aliphatic heterocycles. The molecular weight excluding hydrogens is 297 g/mol. The number of hydrogen-bond acceptors (Lipinski definition) is 4. The van der Waals surface area contributed by atoms with Gasteiger partial charge in [0.15, 0.2) is 5.78 Å². The van der Waals surface area contributed by atoms with E-state index in [2.05, 4.69) is 0 Å². The smallest absolute Gasteiger partial charge is 0.289 e. The Morgan fingerprint density at radius 2 is 1.38 bits per heavy atom. The SMILES string of the molecule is O=C(c1ccccc1)c1ccc([N+](=O)[O-])cc1.O=[P+](O)O. The topological polar surface area (TPSA) is 118 Å². The highest BCUT2D eigenvalue weighted by Gasteiger charge is 2.10. The van der Waals surface area contributed by atoms with E-state index in [1.54, 1.807) is 24.3 Å². The summed E-state index contributed by atoms with van der Waals surface area (Å²) < 4.78 is 8.70. The van der Waals surface area contributed by atoms with E-state index in [1.165, 1.54) is 24.3 Å². The summed E-state index contributed by atoms with van der Waals surface area (Å²) in [5.74, 6) is -0.138. The average Bonchev–Trinajstić information content (AvgIpc) is 2.47. The fraction of sp³-hybridized carbons (Fsp3) is 0. The molecule has 8 heteroatoms. The molecule has 21 heavy (non-hydrogen) atoms. The number of ketones is 1. The van der Waals surface area contributed by atoms with E-state index in [0.29, 0.717) is 11.1 Å². The highest BCUT2D eigenvalue weighted by molar-refractivity contribution is 7.30. The number of non-ortho nitro benzene ring substituents is 1. The van der Waals surface area contributed by atoms with Crippen LogP contribution in [0.3, 0.4) is 0 Å². The summed E-state index contributed by atoms with van der Waals surface area (Å²) in [6.07, 6.45) is 0. The van der Waals surface area contributed by atoms with E-state index in [9.17, 15) is 14.9 Å². The molecule has 0 bridgehead atoms. The third-order valence-corrected chi connectivity index (χ3v) is 2.38. The third-order valence-electron chi connectivity index (χ3n) is 2.38. The largest absolute Gasteiger partial charge is 0.692 e. The summed E-state index contributed by atoms with van der Waals surface area (Å²) in [7, 11) is -2.87. The summed E-state index contributed by atoms with van der Waals surface area (Å²) in [4.78, 5) is 36.2. The van der Waals surface area contributed by atoms with E-state index in [4.69, 9.17) is 14.4 Å². The Balaban J connectivity index is 0.000000491. The van der Waals surface area contributed by atoms with Crippen molar-refractivity contribution in [2.45, 2.75) is 0 Å². The van der Waals surface area contributed by atoms with Crippen molar-refractivity contribution in [1.82, 2.24) is 0 Å². The zero-order valence-corrected chi connectivity index (χ0v) is 11.5. The molecule has 0 spiro atoms. The van der Waals surface area contributed by atoms with Gasteiger partial charge in [-0.25, -0.2) is 0 Å². The molecule has 0 unspecified atom stereocenters. The molecule has 7 nitrogen and oxygen atoms in total. The Kier molecular flexibility index (Phi) is 6.29. The molecule has 2 aromatic carbocycles. The molecule has 0 aliphatic carbocycles. The van der Waals surface area contributed by atoms with Gasteiger partial charge in [0.2, 0.25) is 0 Å². The summed E-state index contributed by atoms with van der Waals surface area (Å²) in [6, 6.07) is 14.4. The Bertz CT molecular complexity index is 637. The van der Waals surface area contributed by atoms with Crippen LogP contribution in [0.15, 0.2) is 54.6 Å². The fourth-order valence-corrected chi connectivity index (χ4v) is 1.49. The average molecular weight is 308 g/mol. The van der Waals surface area contributed by atoms with Gasteiger partial charge in [-0.05, 0) is 12.1 Å². The summed E-state index contributed by atoms with van der Waals surface area (Å²) in [5.41, 5.74) is 0.998. The zero-order chi connectivity index (χ0) is 15.8. The predicted octanol–water partition coefficient (Wildman–Crippen LogP) is 2.45. The minimum absolute atomic E-state index is 0.0189. The lowest BCUT2D eigenvalue weighted by atomic mass is 10.0. The summed E-state index contributed by atoms with van der Waals surface area (Å²) >= 11 is 0. The molecule has 0 amide bonds. The van der Waals surface area contributed by atoms with Crippen LogP contribution in [0.2, 0.25) is 0 Å². The van der Waals surface area contributed by atoms with E-state index >= 15 is 0 Å². The van der Waals surface area contributed by atoms with E-state index in [1.807, 2.05) is 6.07 Å². The molecule has 0 aliphatic rings. The minimum Gasteiger partial charge on any atom is -0.289 e. The predicted molar refractivity (Wildman–Crippen MR) is 75.0 cm³/mol. The second-order valence-electron chi connectivity index (χ2n) is 3.75. The molecule has 0 saturated heterocycles. The van der Waals surface area contributed by atoms with Crippen LogP contribution in [0, 0.1) is 10.1 Å². The van der Waals surface area contributed by atoms with Gasteiger partial charge in [-0.15, -0.1) is 9.79 Å². The van der Waals surface area contributed by atoms with Gasteiger partial charge in [0.05, 0.1) is 4.92 Å². The van der Waals surface area contributed by atoms with Crippen molar-refractivity contribution in [1.29, 1.82) is 0 Å². The Labute approximate surface area is 120 Å². The minimum atomic E-state index is -2.87. The lowest BCUT2D eigenvalue weighted by Crippen LogP contribution is -2.00. The second kappa shape index (κ2) is 7.96. The number of carbonyl (C=O) groups excluding carboxylic acids is 1. The molecule has 0 aromatic heterocycles. The lowest BCUT2D eigenvalue weighted by Gasteiger charge is -2.00. The first-order valence-electron chi connectivity index (χ1n) is 5.61. The van der Waals surface area contributed by atoms with Crippen molar-refractivity contribution >= 4 is 19.7 Å². The van der Waals surface area contributed by atoms with Crippen molar-refractivity contribution in [3.63, 3.8) is 0 Å². The maximum absolute atomic E-state index is 12.0. The lowest BCUT2D eigenvalue weighted by molar-refractivity contribution is -0.384. The Morgan fingerprint density at radius 3 is 1.81 bits per heavy atom. The van der Waals surface area contributed by atoms with Gasteiger partial charge in [0.1, 0.15) is 0 Å². The number of rotatable bonds is 3. The van der Waals surface area contributed by atoms with Crippen LogP contribution in [0.4, 0.5) is 5.69 Å². The van der Waals surface area contributed by atoms with Crippen LogP contribution in [-0.4, -0.2) is 20.5 Å². The Morgan fingerprint density at radius 1 is 0.952 bits per heavy atom. The maximum Gasteiger partial charge on any atom is 0.692 e. The van der Waals surface area contributed by atoms with Crippen molar-refractivity contribution in [2.75, 3.05) is 0 Å². The molecule has 0 radical (unpaired) electrons. The number of nitro groups is 1. The number of hydrogen-bond donors (Lipinski definition) is 2. The van der Waals surface area contributed by atoms with Gasteiger partial charge in [0, 0.05) is 27.8 Å². The summed E-state index contributed by atoms with van der Waals surface area (Å²) in [5, 5.41) is 10.5. The van der Waals surface area contributed by atoms with Crippen LogP contribution in [-0.2, 0) is 4.57 Å². The molecule has 0 atom stereocenters. The zero-order valence-electron chi connectivity index (χ0n) is 10.6. The van der Waals surface area contributed by atoms with Crippen LogP contribution >= 0.6 is 8.25 Å². The van der Waals surface area contributed by atoms with Crippen LogP contribution < -0.4 is 0 Å². The van der Waals surface area contributed by atoms with Crippen LogP contribution in [0.25, 0.3) is 0 Å². The van der Waals surface area contributed by atoms with Crippen LogP contribution in [0.5, 0.6) is 0 Å². The first kappa shape index (κ1) is 16.6. The quantitative estimate of drug-likeness (QED) is 0.389. The monoisotopic (exact) mass is 308 g/mol. The summed E-state index contributed by atoms with van der Waals surface area (Å²) in [6.45, 7) is 0. The van der Waals surface area contributed by atoms with Crippen molar-refractivity contribution < 1.29 is 24.1 Å². The highest BCUT2D eigenvalue weighted by atomic mass is 31.1. The van der Waals surface area contributed by atoms with Gasteiger partial charge >= 0.3 is 8.25 Å². The molecule has 0 fully saturated rings. The van der Waals surface area contributed by atoms with E-state index < -0.39 is 13.2 Å². The third kappa shape index (κ3) is 5.58. The molecule has 108 valence electrons. The molecule has 0 saturated carbocycles. The van der Waals surface area contributed by atoms with E-state index in [0.717, 1.165) is 0 Å².